The number of carbonyl (C=O) groups is 2. The summed E-state index contributed by atoms with van der Waals surface area (Å²) >= 11 is 0. The van der Waals surface area contributed by atoms with Crippen molar-refractivity contribution in [2.24, 2.45) is 11.7 Å². The van der Waals surface area contributed by atoms with Crippen molar-refractivity contribution in [2.45, 2.75) is 52.1 Å². The van der Waals surface area contributed by atoms with Crippen molar-refractivity contribution in [1.82, 2.24) is 24.2 Å². The van der Waals surface area contributed by atoms with Gasteiger partial charge in [-0.25, -0.2) is 9.67 Å². The molecular formula is C18H26N6O3. The Balaban J connectivity index is 1.67. The molecule has 146 valence electrons. The van der Waals surface area contributed by atoms with Crippen molar-refractivity contribution in [2.75, 3.05) is 13.1 Å². The van der Waals surface area contributed by atoms with Crippen molar-refractivity contribution in [3.63, 3.8) is 0 Å². The number of piperidine rings is 1. The first kappa shape index (κ1) is 19.1. The van der Waals surface area contributed by atoms with Gasteiger partial charge in [0.25, 0.3) is 5.56 Å². The van der Waals surface area contributed by atoms with Crippen LogP contribution in [-0.2, 0) is 21.7 Å². The standard InChI is InChI=1S/C18H26N6O3/c1-18(2,3)24-16-13(10-21-24)17(27)23(11-20-16)9-6-14(25)22-7-4-12(5-8-22)15(19)26/h10-12H,4-9H2,1-3H3,(H2,19,26). The third-order valence-corrected chi connectivity index (χ3v) is 5.01. The molecule has 2 amide bonds. The van der Waals surface area contributed by atoms with Gasteiger partial charge >= 0.3 is 0 Å². The lowest BCUT2D eigenvalue weighted by atomic mass is 9.96. The van der Waals surface area contributed by atoms with Crippen LogP contribution in [0.2, 0.25) is 0 Å². The second-order valence-corrected chi connectivity index (χ2v) is 8.02. The van der Waals surface area contributed by atoms with Gasteiger partial charge in [0.2, 0.25) is 11.8 Å². The highest BCUT2D eigenvalue weighted by molar-refractivity contribution is 5.79. The quantitative estimate of drug-likeness (QED) is 0.835. The smallest absolute Gasteiger partial charge is 0.264 e. The third-order valence-electron chi connectivity index (χ3n) is 5.01. The van der Waals surface area contributed by atoms with Gasteiger partial charge < -0.3 is 10.6 Å². The van der Waals surface area contributed by atoms with E-state index < -0.39 is 0 Å². The molecule has 0 bridgehead atoms. The molecule has 3 heterocycles. The number of carbonyl (C=O) groups excluding carboxylic acids is 2. The van der Waals surface area contributed by atoms with Crippen LogP contribution in [0, 0.1) is 5.92 Å². The number of hydrogen-bond acceptors (Lipinski definition) is 5. The minimum Gasteiger partial charge on any atom is -0.369 e. The maximum atomic E-state index is 12.7. The molecule has 0 unspecified atom stereocenters. The van der Waals surface area contributed by atoms with E-state index in [2.05, 4.69) is 10.1 Å². The summed E-state index contributed by atoms with van der Waals surface area (Å²) in [6.45, 7) is 7.29. The number of primary amides is 1. The lowest BCUT2D eigenvalue weighted by Crippen LogP contribution is -2.42. The Kier molecular flexibility index (Phi) is 5.03. The van der Waals surface area contributed by atoms with E-state index in [4.69, 9.17) is 5.73 Å². The molecule has 2 aromatic heterocycles. The Morgan fingerprint density at radius 1 is 1.26 bits per heavy atom. The van der Waals surface area contributed by atoms with Gasteiger partial charge in [-0.1, -0.05) is 0 Å². The fraction of sp³-hybridized carbons (Fsp3) is 0.611. The molecule has 1 aliphatic rings. The number of aryl methyl sites for hydroxylation is 1. The van der Waals surface area contributed by atoms with E-state index in [1.807, 2.05) is 20.8 Å². The number of amides is 2. The molecule has 0 spiro atoms. The Labute approximate surface area is 157 Å². The van der Waals surface area contributed by atoms with Gasteiger partial charge in [0, 0.05) is 32.0 Å². The van der Waals surface area contributed by atoms with Gasteiger partial charge in [-0.15, -0.1) is 0 Å². The highest BCUT2D eigenvalue weighted by atomic mass is 16.2. The number of fused-ring (bicyclic) bond motifs is 1. The van der Waals surface area contributed by atoms with Crippen molar-refractivity contribution < 1.29 is 9.59 Å². The number of likely N-dealkylation sites (tertiary alicyclic amines) is 1. The van der Waals surface area contributed by atoms with E-state index in [0.717, 1.165) is 0 Å². The van der Waals surface area contributed by atoms with Crippen LogP contribution in [-0.4, -0.2) is 49.1 Å². The predicted octanol–water partition coefficient (Wildman–Crippen LogP) is 0.462. The summed E-state index contributed by atoms with van der Waals surface area (Å²) in [7, 11) is 0. The van der Waals surface area contributed by atoms with Crippen LogP contribution in [0.4, 0.5) is 0 Å². The Morgan fingerprint density at radius 3 is 2.52 bits per heavy atom. The lowest BCUT2D eigenvalue weighted by molar-refractivity contribution is -0.135. The molecule has 0 radical (unpaired) electrons. The number of aromatic nitrogens is 4. The van der Waals surface area contributed by atoms with E-state index in [1.54, 1.807) is 9.58 Å². The molecule has 9 heteroatoms. The van der Waals surface area contributed by atoms with Crippen LogP contribution >= 0.6 is 0 Å². The van der Waals surface area contributed by atoms with Crippen molar-refractivity contribution in [1.29, 1.82) is 0 Å². The van der Waals surface area contributed by atoms with Crippen molar-refractivity contribution >= 4 is 22.8 Å². The molecule has 0 aliphatic carbocycles. The summed E-state index contributed by atoms with van der Waals surface area (Å²) < 4.78 is 3.17. The highest BCUT2D eigenvalue weighted by Crippen LogP contribution is 2.19. The van der Waals surface area contributed by atoms with Crippen LogP contribution in [0.15, 0.2) is 17.3 Å². The van der Waals surface area contributed by atoms with Gasteiger partial charge in [0.15, 0.2) is 5.65 Å². The zero-order valence-electron chi connectivity index (χ0n) is 16.0. The summed E-state index contributed by atoms with van der Waals surface area (Å²) in [4.78, 5) is 42.4. The minimum absolute atomic E-state index is 0.0321. The molecule has 1 fully saturated rings. The SMILES string of the molecule is CC(C)(C)n1ncc2c(=O)n(CCC(=O)N3CCC(C(N)=O)CC3)cnc21. The molecule has 3 rings (SSSR count). The largest absolute Gasteiger partial charge is 0.369 e. The zero-order valence-corrected chi connectivity index (χ0v) is 16.0. The number of hydrogen-bond donors (Lipinski definition) is 1. The van der Waals surface area contributed by atoms with E-state index >= 15 is 0 Å². The molecule has 27 heavy (non-hydrogen) atoms. The van der Waals surface area contributed by atoms with Crippen LogP contribution in [0.1, 0.15) is 40.0 Å². The summed E-state index contributed by atoms with van der Waals surface area (Å²) in [6.07, 6.45) is 4.41. The van der Waals surface area contributed by atoms with Gasteiger partial charge in [-0.3, -0.25) is 19.0 Å². The fourth-order valence-electron chi connectivity index (χ4n) is 3.39. The molecule has 1 saturated heterocycles. The first-order valence-electron chi connectivity index (χ1n) is 9.19. The molecule has 0 aromatic carbocycles. The molecule has 0 saturated carbocycles. The van der Waals surface area contributed by atoms with Crippen LogP contribution in [0.25, 0.3) is 11.0 Å². The van der Waals surface area contributed by atoms with Gasteiger partial charge in [0.05, 0.1) is 18.1 Å². The van der Waals surface area contributed by atoms with Crippen LogP contribution in [0.5, 0.6) is 0 Å². The highest BCUT2D eigenvalue weighted by Gasteiger charge is 2.26. The fourth-order valence-corrected chi connectivity index (χ4v) is 3.39. The number of nitrogens with two attached hydrogens (primary N) is 1. The van der Waals surface area contributed by atoms with E-state index in [0.29, 0.717) is 37.0 Å². The first-order chi connectivity index (χ1) is 12.7. The first-order valence-corrected chi connectivity index (χ1v) is 9.19. The lowest BCUT2D eigenvalue weighted by Gasteiger charge is -2.30. The van der Waals surface area contributed by atoms with Gasteiger partial charge in [0.1, 0.15) is 5.39 Å². The summed E-state index contributed by atoms with van der Waals surface area (Å²) in [6, 6.07) is 0. The Hall–Kier alpha value is -2.71. The summed E-state index contributed by atoms with van der Waals surface area (Å²) in [5.41, 5.74) is 5.39. The molecule has 0 atom stereocenters. The predicted molar refractivity (Wildman–Crippen MR) is 99.9 cm³/mol. The zero-order chi connectivity index (χ0) is 19.8. The monoisotopic (exact) mass is 374 g/mol. The number of nitrogens with zero attached hydrogens (tertiary/aromatic N) is 5. The summed E-state index contributed by atoms with van der Waals surface area (Å²) in [5.74, 6) is -0.484. The van der Waals surface area contributed by atoms with Gasteiger partial charge in [-0.2, -0.15) is 5.10 Å². The normalized spacial score (nSPS) is 16.0. The van der Waals surface area contributed by atoms with Gasteiger partial charge in [-0.05, 0) is 33.6 Å². The Morgan fingerprint density at radius 2 is 1.93 bits per heavy atom. The van der Waals surface area contributed by atoms with E-state index in [9.17, 15) is 14.4 Å². The topological polar surface area (TPSA) is 116 Å². The average Bonchev–Trinajstić information content (AvgIpc) is 3.06. The molecule has 2 aromatic rings. The maximum absolute atomic E-state index is 12.7. The molecule has 2 N–H and O–H groups in total. The second-order valence-electron chi connectivity index (χ2n) is 8.02. The number of rotatable bonds is 4. The van der Waals surface area contributed by atoms with Crippen LogP contribution in [0.3, 0.4) is 0 Å². The molecular weight excluding hydrogens is 348 g/mol. The van der Waals surface area contributed by atoms with Crippen molar-refractivity contribution in [3.05, 3.63) is 22.9 Å². The maximum Gasteiger partial charge on any atom is 0.264 e. The third kappa shape index (κ3) is 3.86. The molecule has 1 aliphatic heterocycles. The van der Waals surface area contributed by atoms with E-state index in [1.165, 1.54) is 17.1 Å². The molecule has 9 nitrogen and oxygen atoms in total. The van der Waals surface area contributed by atoms with E-state index in [-0.39, 0.29) is 41.8 Å². The minimum atomic E-state index is -0.302. The average molecular weight is 374 g/mol. The second kappa shape index (κ2) is 7.13. The van der Waals surface area contributed by atoms with Crippen molar-refractivity contribution in [3.8, 4) is 0 Å². The summed E-state index contributed by atoms with van der Waals surface area (Å²) in [5, 5.41) is 4.73. The Bertz CT molecular complexity index is 915. The van der Waals surface area contributed by atoms with Crippen LogP contribution < -0.4 is 11.3 Å².